The molecule has 0 aliphatic heterocycles. The molecule has 13 aromatic rings. The summed E-state index contributed by atoms with van der Waals surface area (Å²) in [6.07, 6.45) is 0. The van der Waals surface area contributed by atoms with Crippen molar-refractivity contribution in [3.05, 3.63) is 279 Å². The van der Waals surface area contributed by atoms with Gasteiger partial charge in [-0.15, -0.1) is 0 Å². The first kappa shape index (κ1) is 41.7. The third-order valence-corrected chi connectivity index (χ3v) is 13.8. The fraction of sp³-hybridized carbons (Fsp3) is 0. The summed E-state index contributed by atoms with van der Waals surface area (Å²) in [5.41, 5.74) is 17.0. The Bertz CT molecular complexity index is 3930. The second kappa shape index (κ2) is 17.9. The highest BCUT2D eigenvalue weighted by molar-refractivity contribution is 6.15. The second-order valence-electron chi connectivity index (χ2n) is 18.1. The van der Waals surface area contributed by atoms with Crippen LogP contribution in [0, 0.1) is 0 Å². The molecule has 0 amide bonds. The van der Waals surface area contributed by atoms with Crippen LogP contribution in [-0.2, 0) is 0 Å². The summed E-state index contributed by atoms with van der Waals surface area (Å²) in [5, 5.41) is 7.00. The highest BCUT2D eigenvalue weighted by Crippen LogP contribution is 2.48. The van der Waals surface area contributed by atoms with Crippen molar-refractivity contribution in [3.63, 3.8) is 0 Å². The van der Waals surface area contributed by atoms with Gasteiger partial charge in [-0.25, -0.2) is 0 Å². The van der Waals surface area contributed by atoms with Crippen molar-refractivity contribution in [2.24, 2.45) is 0 Å². The molecule has 0 atom stereocenters. The Morgan fingerprint density at radius 2 is 0.662 bits per heavy atom. The van der Waals surface area contributed by atoms with Crippen molar-refractivity contribution in [1.29, 1.82) is 0 Å². The number of nitrogens with zero attached hydrogens (tertiary/aromatic N) is 2. The minimum absolute atomic E-state index is 0.828. The van der Waals surface area contributed by atoms with Crippen LogP contribution < -0.4 is 9.80 Å². The minimum Gasteiger partial charge on any atom is -0.454 e. The van der Waals surface area contributed by atoms with E-state index in [-0.39, 0.29) is 0 Å². The molecule has 0 unspecified atom stereocenters. The zero-order chi connectivity index (χ0) is 47.1. The van der Waals surface area contributed by atoms with Crippen LogP contribution >= 0.6 is 0 Å². The van der Waals surface area contributed by atoms with Crippen molar-refractivity contribution in [3.8, 4) is 44.5 Å². The lowest BCUT2D eigenvalue weighted by atomic mass is 9.92. The van der Waals surface area contributed by atoms with Crippen LogP contribution in [0.3, 0.4) is 0 Å². The molecule has 0 aliphatic carbocycles. The number of hydrogen-bond acceptors (Lipinski definition) is 3. The van der Waals surface area contributed by atoms with Crippen LogP contribution in [-0.4, -0.2) is 0 Å². The summed E-state index contributed by atoms with van der Waals surface area (Å²) in [6, 6.07) is 101. The van der Waals surface area contributed by atoms with Crippen LogP contribution in [0.15, 0.2) is 283 Å². The molecular weight excluding hydrogens is 861 g/mol. The number of fused-ring (bicyclic) bond motifs is 6. The van der Waals surface area contributed by atoms with E-state index >= 15 is 0 Å². The molecule has 3 heteroatoms. The molecule has 1 aromatic heterocycles. The van der Waals surface area contributed by atoms with Crippen molar-refractivity contribution >= 4 is 77.6 Å². The maximum absolute atomic E-state index is 6.88. The summed E-state index contributed by atoms with van der Waals surface area (Å²) in [6.45, 7) is 0. The predicted molar refractivity (Wildman–Crippen MR) is 300 cm³/mol. The van der Waals surface area contributed by atoms with Crippen LogP contribution in [0.2, 0.25) is 0 Å². The summed E-state index contributed by atoms with van der Waals surface area (Å²) in [5.74, 6) is 0. The summed E-state index contributed by atoms with van der Waals surface area (Å²) in [7, 11) is 0. The fourth-order valence-electron chi connectivity index (χ4n) is 10.4. The molecule has 71 heavy (non-hydrogen) atoms. The number of anilines is 6. The molecule has 0 fully saturated rings. The van der Waals surface area contributed by atoms with Crippen LogP contribution in [0.25, 0.3) is 88.0 Å². The third-order valence-electron chi connectivity index (χ3n) is 13.8. The van der Waals surface area contributed by atoms with E-state index < -0.39 is 0 Å². The van der Waals surface area contributed by atoms with E-state index in [1.807, 2.05) is 6.07 Å². The standard InChI is InChI=1S/C68H46N2O/c1-4-17-47(18-5-1)50-31-37-55(38-32-50)69(56-39-33-51(34-40-56)48-19-6-2-7-20-48)58-43-54(65-45-53-23-10-11-24-60(53)61-25-12-13-26-62(61)65)44-59(46-58)70(57-41-35-52(36-42-57)49-21-8-3-9-22-49)66-29-16-28-64-63-27-14-15-30-67(63)71-68(64)66/h1-46H. The average molecular weight is 907 g/mol. The van der Waals surface area contributed by atoms with Gasteiger partial charge in [0.2, 0.25) is 0 Å². The maximum Gasteiger partial charge on any atom is 0.159 e. The lowest BCUT2D eigenvalue weighted by Gasteiger charge is -2.31. The van der Waals surface area contributed by atoms with E-state index in [0.717, 1.165) is 83.9 Å². The molecule has 1 heterocycles. The molecule has 0 saturated heterocycles. The van der Waals surface area contributed by atoms with Gasteiger partial charge in [-0.05, 0) is 139 Å². The minimum atomic E-state index is 0.828. The SMILES string of the molecule is c1ccc(-c2ccc(N(c3ccc(-c4ccccc4)cc3)c3cc(-c4cc5ccccc5c5ccccc45)cc(N(c4ccc(-c5ccccc5)cc4)c4cccc5c4oc4ccccc45)c3)cc2)cc1. The van der Waals surface area contributed by atoms with Gasteiger partial charge < -0.3 is 14.2 Å². The molecule has 0 saturated carbocycles. The van der Waals surface area contributed by atoms with Gasteiger partial charge in [-0.3, -0.25) is 0 Å². The highest BCUT2D eigenvalue weighted by Gasteiger charge is 2.24. The van der Waals surface area contributed by atoms with Crippen molar-refractivity contribution < 1.29 is 4.42 Å². The van der Waals surface area contributed by atoms with Gasteiger partial charge in [-0.1, -0.05) is 206 Å². The van der Waals surface area contributed by atoms with Gasteiger partial charge in [-0.2, -0.15) is 0 Å². The van der Waals surface area contributed by atoms with Gasteiger partial charge in [0.25, 0.3) is 0 Å². The predicted octanol–water partition coefficient (Wildman–Crippen LogP) is 19.5. The molecule has 13 rings (SSSR count). The summed E-state index contributed by atoms with van der Waals surface area (Å²) >= 11 is 0. The third kappa shape index (κ3) is 7.76. The fourth-order valence-corrected chi connectivity index (χ4v) is 10.4. The van der Waals surface area contributed by atoms with Gasteiger partial charge in [0.1, 0.15) is 5.58 Å². The molecule has 0 spiro atoms. The smallest absolute Gasteiger partial charge is 0.159 e. The lowest BCUT2D eigenvalue weighted by molar-refractivity contribution is 0.669. The van der Waals surface area contributed by atoms with Crippen molar-refractivity contribution in [2.75, 3.05) is 9.80 Å². The molecule has 12 aromatic carbocycles. The second-order valence-corrected chi connectivity index (χ2v) is 18.1. The average Bonchev–Trinajstić information content (AvgIpc) is 3.84. The quantitative estimate of drug-likeness (QED) is 0.128. The van der Waals surface area contributed by atoms with Crippen LogP contribution in [0.4, 0.5) is 34.1 Å². The van der Waals surface area contributed by atoms with Gasteiger partial charge in [0.15, 0.2) is 5.58 Å². The van der Waals surface area contributed by atoms with Gasteiger partial charge >= 0.3 is 0 Å². The first-order chi connectivity index (χ1) is 35.2. The Hall–Kier alpha value is -9.44. The van der Waals surface area contributed by atoms with E-state index in [2.05, 4.69) is 283 Å². The molecule has 334 valence electrons. The van der Waals surface area contributed by atoms with Gasteiger partial charge in [0.05, 0.1) is 5.69 Å². The van der Waals surface area contributed by atoms with Crippen molar-refractivity contribution in [2.45, 2.75) is 0 Å². The van der Waals surface area contributed by atoms with E-state index in [4.69, 9.17) is 4.42 Å². The number of rotatable bonds is 10. The Balaban J connectivity index is 1.09. The van der Waals surface area contributed by atoms with E-state index in [0.29, 0.717) is 0 Å². The lowest BCUT2D eigenvalue weighted by Crippen LogP contribution is -2.14. The normalized spacial score (nSPS) is 11.4. The van der Waals surface area contributed by atoms with Gasteiger partial charge in [0, 0.05) is 39.2 Å². The molecule has 0 bridgehead atoms. The van der Waals surface area contributed by atoms with E-state index in [9.17, 15) is 0 Å². The highest BCUT2D eigenvalue weighted by atomic mass is 16.3. The number of para-hydroxylation sites is 2. The summed E-state index contributed by atoms with van der Waals surface area (Å²) in [4.78, 5) is 4.78. The molecule has 3 nitrogen and oxygen atoms in total. The first-order valence-corrected chi connectivity index (χ1v) is 24.2. The zero-order valence-electron chi connectivity index (χ0n) is 38.9. The monoisotopic (exact) mass is 906 g/mol. The number of furan rings is 1. The largest absolute Gasteiger partial charge is 0.454 e. The van der Waals surface area contributed by atoms with Crippen molar-refractivity contribution in [1.82, 2.24) is 0 Å². The molecular formula is C68H46N2O. The summed E-state index contributed by atoms with van der Waals surface area (Å²) < 4.78 is 6.88. The van der Waals surface area contributed by atoms with E-state index in [1.54, 1.807) is 0 Å². The Kier molecular flexibility index (Phi) is 10.5. The molecule has 0 radical (unpaired) electrons. The molecule has 0 N–H and O–H groups in total. The van der Waals surface area contributed by atoms with Crippen LogP contribution in [0.1, 0.15) is 0 Å². The Morgan fingerprint density at radius 3 is 1.23 bits per heavy atom. The first-order valence-electron chi connectivity index (χ1n) is 24.2. The zero-order valence-corrected chi connectivity index (χ0v) is 38.9. The Labute approximate surface area is 413 Å². The molecule has 0 aliphatic rings. The van der Waals surface area contributed by atoms with Crippen LogP contribution in [0.5, 0.6) is 0 Å². The van der Waals surface area contributed by atoms with E-state index in [1.165, 1.54) is 38.2 Å². The number of hydrogen-bond donors (Lipinski definition) is 0. The Morgan fingerprint density at radius 1 is 0.239 bits per heavy atom. The maximum atomic E-state index is 6.88. The number of benzene rings is 12. The topological polar surface area (TPSA) is 19.6 Å².